The first-order chi connectivity index (χ1) is 20.9. The van der Waals surface area contributed by atoms with E-state index in [1.165, 1.54) is 0 Å². The smallest absolute Gasteiger partial charge is 0.269 e. The number of aromatic nitrogens is 3. The number of rotatable bonds is 13. The van der Waals surface area contributed by atoms with Crippen molar-refractivity contribution in [3.05, 3.63) is 48.9 Å². The maximum atomic E-state index is 13.4. The third-order valence-electron chi connectivity index (χ3n) is 8.30. The number of Topliss-reactive ketones (excluding diaryl/α,β-unsaturated/α-hetero) is 1. The van der Waals surface area contributed by atoms with Gasteiger partial charge >= 0.3 is 0 Å². The van der Waals surface area contributed by atoms with E-state index >= 15 is 0 Å². The SMILES string of the molecule is CCC(=O)CCCCCC(NC(=O)C1=NOC2(CCN(C)CC2)C1)c1ncc(-c2ccc(-c3cnccn3)cc2OC)o1. The molecule has 0 radical (unpaired) electrons. The molecule has 11 heteroatoms. The third kappa shape index (κ3) is 7.45. The number of ketones is 1. The van der Waals surface area contributed by atoms with Gasteiger partial charge in [-0.1, -0.05) is 31.0 Å². The molecule has 5 rings (SSSR count). The number of nitrogens with one attached hydrogen (secondary N) is 1. The highest BCUT2D eigenvalue weighted by Crippen LogP contribution is 2.36. The first-order valence-corrected chi connectivity index (χ1v) is 15.1. The lowest BCUT2D eigenvalue weighted by Gasteiger charge is -2.35. The summed E-state index contributed by atoms with van der Waals surface area (Å²) < 4.78 is 11.9. The molecule has 1 amide bonds. The van der Waals surface area contributed by atoms with Crippen LogP contribution in [0.2, 0.25) is 0 Å². The Morgan fingerprint density at radius 3 is 2.70 bits per heavy atom. The number of hydrogen-bond donors (Lipinski definition) is 1. The first kappa shape index (κ1) is 30.3. The second-order valence-electron chi connectivity index (χ2n) is 11.4. The number of amides is 1. The summed E-state index contributed by atoms with van der Waals surface area (Å²) in [4.78, 5) is 46.3. The lowest BCUT2D eigenvalue weighted by Crippen LogP contribution is -2.44. The lowest BCUT2D eigenvalue weighted by atomic mass is 9.87. The second-order valence-corrected chi connectivity index (χ2v) is 11.4. The number of nitrogens with zero attached hydrogens (tertiary/aromatic N) is 5. The minimum atomic E-state index is -0.468. The number of likely N-dealkylation sites (tertiary alicyclic amines) is 1. The number of hydrogen-bond acceptors (Lipinski definition) is 10. The molecule has 2 aliphatic heterocycles. The van der Waals surface area contributed by atoms with Crippen LogP contribution in [0, 0.1) is 0 Å². The number of oxime groups is 1. The van der Waals surface area contributed by atoms with Crippen LogP contribution in [0.5, 0.6) is 5.75 Å². The molecule has 0 bridgehead atoms. The monoisotopic (exact) mass is 588 g/mol. The molecule has 2 aromatic heterocycles. The van der Waals surface area contributed by atoms with Gasteiger partial charge in [0, 0.05) is 63.2 Å². The molecule has 4 heterocycles. The number of methoxy groups -OCH3 is 1. The normalized spacial score (nSPS) is 16.9. The van der Waals surface area contributed by atoms with Crippen molar-refractivity contribution in [1.29, 1.82) is 0 Å². The summed E-state index contributed by atoms with van der Waals surface area (Å²) in [7, 11) is 3.69. The van der Waals surface area contributed by atoms with Gasteiger partial charge in [0.2, 0.25) is 5.89 Å². The Balaban J connectivity index is 1.31. The Morgan fingerprint density at radius 2 is 1.95 bits per heavy atom. The van der Waals surface area contributed by atoms with Crippen LogP contribution in [0.4, 0.5) is 0 Å². The van der Waals surface area contributed by atoms with Gasteiger partial charge in [-0.25, -0.2) is 4.98 Å². The summed E-state index contributed by atoms with van der Waals surface area (Å²) in [6.45, 7) is 3.71. The topological polar surface area (TPSA) is 132 Å². The maximum absolute atomic E-state index is 13.4. The van der Waals surface area contributed by atoms with Crippen LogP contribution in [0.3, 0.4) is 0 Å². The number of benzene rings is 1. The van der Waals surface area contributed by atoms with Crippen molar-refractivity contribution in [2.24, 2.45) is 5.16 Å². The summed E-state index contributed by atoms with van der Waals surface area (Å²) in [6.07, 6.45) is 13.0. The average molecular weight is 589 g/mol. The van der Waals surface area contributed by atoms with Gasteiger partial charge in [0.25, 0.3) is 5.91 Å². The summed E-state index contributed by atoms with van der Waals surface area (Å²) in [5.41, 5.74) is 2.33. The summed E-state index contributed by atoms with van der Waals surface area (Å²) >= 11 is 0. The van der Waals surface area contributed by atoms with Crippen molar-refractivity contribution >= 4 is 17.4 Å². The number of piperidine rings is 1. The predicted molar refractivity (Wildman–Crippen MR) is 161 cm³/mol. The molecule has 228 valence electrons. The average Bonchev–Trinajstić information content (AvgIpc) is 3.70. The summed E-state index contributed by atoms with van der Waals surface area (Å²) in [5, 5.41) is 7.31. The molecule has 1 unspecified atom stereocenters. The van der Waals surface area contributed by atoms with Gasteiger partial charge in [-0.2, -0.15) is 0 Å². The third-order valence-corrected chi connectivity index (χ3v) is 8.30. The first-order valence-electron chi connectivity index (χ1n) is 15.1. The zero-order chi connectivity index (χ0) is 30.2. The van der Waals surface area contributed by atoms with E-state index in [-0.39, 0.29) is 11.7 Å². The molecule has 0 saturated carbocycles. The largest absolute Gasteiger partial charge is 0.496 e. The molecule has 1 N–H and O–H groups in total. The Morgan fingerprint density at radius 1 is 1.12 bits per heavy atom. The fraction of sp³-hybridized carbons (Fsp3) is 0.500. The summed E-state index contributed by atoms with van der Waals surface area (Å²) in [5.74, 6) is 1.53. The Hall–Kier alpha value is -4.12. The highest BCUT2D eigenvalue weighted by atomic mass is 16.7. The van der Waals surface area contributed by atoms with Crippen molar-refractivity contribution < 1.29 is 23.6 Å². The molecule has 3 aromatic rings. The Bertz CT molecular complexity index is 1430. The van der Waals surface area contributed by atoms with E-state index in [2.05, 4.69) is 37.4 Å². The predicted octanol–water partition coefficient (Wildman–Crippen LogP) is 5.13. The van der Waals surface area contributed by atoms with Crippen LogP contribution >= 0.6 is 0 Å². The molecule has 0 aliphatic carbocycles. The van der Waals surface area contributed by atoms with Crippen LogP contribution < -0.4 is 10.1 Å². The van der Waals surface area contributed by atoms with E-state index < -0.39 is 11.6 Å². The van der Waals surface area contributed by atoms with Crippen molar-refractivity contribution in [3.63, 3.8) is 0 Å². The van der Waals surface area contributed by atoms with Crippen LogP contribution in [0.25, 0.3) is 22.6 Å². The van der Waals surface area contributed by atoms with Crippen molar-refractivity contribution in [2.45, 2.75) is 76.4 Å². The van der Waals surface area contributed by atoms with E-state index in [9.17, 15) is 9.59 Å². The van der Waals surface area contributed by atoms with E-state index in [0.717, 1.165) is 62.0 Å². The van der Waals surface area contributed by atoms with Crippen LogP contribution in [0.1, 0.15) is 76.6 Å². The quantitative estimate of drug-likeness (QED) is 0.270. The number of oxazole rings is 1. The summed E-state index contributed by atoms with van der Waals surface area (Å²) in [6, 6.07) is 5.25. The zero-order valence-electron chi connectivity index (χ0n) is 25.2. The van der Waals surface area contributed by atoms with E-state index in [4.69, 9.17) is 14.0 Å². The van der Waals surface area contributed by atoms with Crippen LogP contribution in [-0.2, 0) is 14.4 Å². The molecule has 1 saturated heterocycles. The van der Waals surface area contributed by atoms with Gasteiger partial charge in [-0.3, -0.25) is 19.6 Å². The van der Waals surface area contributed by atoms with Gasteiger partial charge in [0.05, 0.1) is 30.8 Å². The molecule has 43 heavy (non-hydrogen) atoms. The van der Waals surface area contributed by atoms with Crippen molar-refractivity contribution in [3.8, 4) is 28.3 Å². The number of carbonyl (C=O) groups excluding carboxylic acids is 2. The number of carbonyl (C=O) groups is 2. The second kappa shape index (κ2) is 13.9. The van der Waals surface area contributed by atoms with Gasteiger partial charge in [-0.05, 0) is 32.0 Å². The Kier molecular flexibility index (Phi) is 9.81. The molecule has 11 nitrogen and oxygen atoms in total. The van der Waals surface area contributed by atoms with Crippen LogP contribution in [-0.4, -0.2) is 70.1 Å². The number of ether oxygens (including phenoxy) is 1. The van der Waals surface area contributed by atoms with Crippen LogP contribution in [0.15, 0.2) is 52.6 Å². The maximum Gasteiger partial charge on any atom is 0.269 e. The molecule has 2 aliphatic rings. The van der Waals surface area contributed by atoms with Crippen molar-refractivity contribution in [1.82, 2.24) is 25.2 Å². The number of unbranched alkanes of at least 4 members (excludes halogenated alkanes) is 2. The van der Waals surface area contributed by atoms with E-state index in [1.807, 2.05) is 25.1 Å². The standard InChI is InChI=1S/C32H40N6O5/c1-4-23(39)8-6-5-7-9-25(36-30(40)26-19-32(43-37-26)12-16-38(2)17-13-32)31-35-21-29(42-31)24-11-10-22(18-28(24)41-3)27-20-33-14-15-34-27/h10-11,14-15,18,20-21,25H,4-9,12-13,16-17,19H2,1-3H3,(H,36,40). The van der Waals surface area contributed by atoms with Gasteiger partial charge in [0.1, 0.15) is 28.9 Å². The minimum Gasteiger partial charge on any atom is -0.496 e. The van der Waals surface area contributed by atoms with Gasteiger partial charge in [-0.15, -0.1) is 0 Å². The molecular weight excluding hydrogens is 548 g/mol. The fourth-order valence-electron chi connectivity index (χ4n) is 5.54. The Labute approximate surface area is 252 Å². The fourth-order valence-corrected chi connectivity index (χ4v) is 5.54. The lowest BCUT2D eigenvalue weighted by molar-refractivity contribution is -0.119. The van der Waals surface area contributed by atoms with E-state index in [0.29, 0.717) is 48.8 Å². The molecule has 1 atom stereocenters. The molecule has 1 fully saturated rings. The van der Waals surface area contributed by atoms with Crippen molar-refractivity contribution in [2.75, 3.05) is 27.2 Å². The van der Waals surface area contributed by atoms with E-state index in [1.54, 1.807) is 31.9 Å². The minimum absolute atomic E-state index is 0.267. The molecule has 1 aromatic carbocycles. The highest BCUT2D eigenvalue weighted by molar-refractivity contribution is 6.39. The molecule has 1 spiro atoms. The highest BCUT2D eigenvalue weighted by Gasteiger charge is 2.43. The molecular formula is C32H40N6O5. The van der Waals surface area contributed by atoms with Gasteiger partial charge in [0.15, 0.2) is 5.76 Å². The van der Waals surface area contributed by atoms with Gasteiger partial charge < -0.3 is 24.2 Å². The zero-order valence-corrected chi connectivity index (χ0v) is 25.2.